The first-order valence-corrected chi connectivity index (χ1v) is 7.50. The van der Waals surface area contributed by atoms with E-state index in [1.807, 2.05) is 6.92 Å². The van der Waals surface area contributed by atoms with Crippen LogP contribution >= 0.6 is 23.2 Å². The summed E-state index contributed by atoms with van der Waals surface area (Å²) in [6, 6.07) is 2.73. The van der Waals surface area contributed by atoms with Gasteiger partial charge in [0.15, 0.2) is 0 Å². The Kier molecular flexibility index (Phi) is 4.74. The standard InChI is InChI=1S/C14H16Cl2N2O3/c1-8-4-2-3-5-14(8,13(20)21)18-12(19)9-6-10(15)17-11(16)7-9/h6-8H,2-5H2,1H3,(H,18,19)(H,20,21). The molecule has 0 saturated heterocycles. The first-order chi connectivity index (χ1) is 9.85. The molecular formula is C14H16Cl2N2O3. The van der Waals surface area contributed by atoms with Gasteiger partial charge in [-0.15, -0.1) is 0 Å². The molecule has 0 radical (unpaired) electrons. The molecule has 0 aromatic carbocycles. The summed E-state index contributed by atoms with van der Waals surface area (Å²) in [5.74, 6) is -1.65. The van der Waals surface area contributed by atoms with Crippen molar-refractivity contribution in [2.45, 2.75) is 38.1 Å². The van der Waals surface area contributed by atoms with Crippen molar-refractivity contribution < 1.29 is 14.7 Å². The van der Waals surface area contributed by atoms with E-state index in [-0.39, 0.29) is 21.8 Å². The van der Waals surface area contributed by atoms with Crippen LogP contribution in [0, 0.1) is 5.92 Å². The van der Waals surface area contributed by atoms with E-state index in [1.165, 1.54) is 12.1 Å². The Hall–Kier alpha value is -1.33. The van der Waals surface area contributed by atoms with Gasteiger partial charge in [0.25, 0.3) is 5.91 Å². The summed E-state index contributed by atoms with van der Waals surface area (Å²) in [5, 5.41) is 12.4. The molecule has 1 aromatic heterocycles. The summed E-state index contributed by atoms with van der Waals surface area (Å²) in [6.45, 7) is 1.85. The van der Waals surface area contributed by atoms with Gasteiger partial charge in [-0.2, -0.15) is 0 Å². The summed E-state index contributed by atoms with van der Waals surface area (Å²) < 4.78 is 0. The Bertz CT molecular complexity index is 559. The van der Waals surface area contributed by atoms with Crippen molar-refractivity contribution in [3.63, 3.8) is 0 Å². The first-order valence-electron chi connectivity index (χ1n) is 6.74. The molecule has 114 valence electrons. The van der Waals surface area contributed by atoms with Gasteiger partial charge in [-0.3, -0.25) is 4.79 Å². The van der Waals surface area contributed by atoms with Crippen molar-refractivity contribution in [1.82, 2.24) is 10.3 Å². The highest BCUT2D eigenvalue weighted by atomic mass is 35.5. The van der Waals surface area contributed by atoms with E-state index in [4.69, 9.17) is 23.2 Å². The van der Waals surface area contributed by atoms with Crippen LogP contribution in [0.5, 0.6) is 0 Å². The van der Waals surface area contributed by atoms with Crippen LogP contribution in [-0.4, -0.2) is 27.5 Å². The number of carbonyl (C=O) groups excluding carboxylic acids is 1. The minimum Gasteiger partial charge on any atom is -0.479 e. The number of pyridine rings is 1. The first kappa shape index (κ1) is 16.0. The van der Waals surface area contributed by atoms with E-state index in [9.17, 15) is 14.7 Å². The van der Waals surface area contributed by atoms with Crippen LogP contribution in [0.15, 0.2) is 12.1 Å². The molecule has 1 aromatic rings. The lowest BCUT2D eigenvalue weighted by molar-refractivity contribution is -0.148. The zero-order valence-corrected chi connectivity index (χ0v) is 13.0. The fraction of sp³-hybridized carbons (Fsp3) is 0.500. The molecular weight excluding hydrogens is 315 g/mol. The SMILES string of the molecule is CC1CCCCC1(NC(=O)c1cc(Cl)nc(Cl)c1)C(=O)O. The van der Waals surface area contributed by atoms with Crippen LogP contribution in [0.1, 0.15) is 43.0 Å². The second-order valence-corrected chi connectivity index (χ2v) is 6.15. The zero-order chi connectivity index (χ0) is 15.6. The Labute approximate surface area is 132 Å². The lowest BCUT2D eigenvalue weighted by Crippen LogP contribution is -2.60. The number of carboxylic acid groups (broad SMARTS) is 1. The lowest BCUT2D eigenvalue weighted by Gasteiger charge is -2.39. The molecule has 2 rings (SSSR count). The second kappa shape index (κ2) is 6.20. The smallest absolute Gasteiger partial charge is 0.329 e. The number of carbonyl (C=O) groups is 2. The van der Waals surface area contributed by atoms with Crippen LogP contribution in [-0.2, 0) is 4.79 Å². The Balaban J connectivity index is 2.28. The second-order valence-electron chi connectivity index (χ2n) is 5.38. The largest absolute Gasteiger partial charge is 0.479 e. The van der Waals surface area contributed by atoms with E-state index in [2.05, 4.69) is 10.3 Å². The molecule has 7 heteroatoms. The number of aromatic nitrogens is 1. The highest BCUT2D eigenvalue weighted by molar-refractivity contribution is 6.33. The number of hydrogen-bond acceptors (Lipinski definition) is 3. The van der Waals surface area contributed by atoms with Crippen molar-refractivity contribution >= 4 is 35.1 Å². The van der Waals surface area contributed by atoms with Crippen LogP contribution in [0.2, 0.25) is 10.3 Å². The fourth-order valence-electron chi connectivity index (χ4n) is 2.77. The fourth-order valence-corrected chi connectivity index (χ4v) is 3.24. The Morgan fingerprint density at radius 3 is 2.48 bits per heavy atom. The molecule has 1 saturated carbocycles. The number of amides is 1. The summed E-state index contributed by atoms with van der Waals surface area (Å²) in [4.78, 5) is 27.8. The zero-order valence-electron chi connectivity index (χ0n) is 11.5. The van der Waals surface area contributed by atoms with Gasteiger partial charge in [-0.1, -0.05) is 43.0 Å². The number of halogens is 2. The molecule has 2 N–H and O–H groups in total. The average molecular weight is 331 g/mol. The summed E-state index contributed by atoms with van der Waals surface area (Å²) >= 11 is 11.5. The van der Waals surface area contributed by atoms with Crippen LogP contribution in [0.4, 0.5) is 0 Å². The predicted molar refractivity (Wildman–Crippen MR) is 79.7 cm³/mol. The Morgan fingerprint density at radius 2 is 1.95 bits per heavy atom. The Morgan fingerprint density at radius 1 is 1.33 bits per heavy atom. The van der Waals surface area contributed by atoms with Crippen molar-refractivity contribution in [2.75, 3.05) is 0 Å². The van der Waals surface area contributed by atoms with Crippen LogP contribution in [0.3, 0.4) is 0 Å². The van der Waals surface area contributed by atoms with Gasteiger partial charge < -0.3 is 10.4 Å². The molecule has 2 atom stereocenters. The quantitative estimate of drug-likeness (QED) is 0.834. The minimum absolute atomic E-state index is 0.0914. The maximum atomic E-state index is 12.4. The average Bonchev–Trinajstić information content (AvgIpc) is 2.40. The molecule has 5 nitrogen and oxygen atoms in total. The van der Waals surface area contributed by atoms with E-state index >= 15 is 0 Å². The van der Waals surface area contributed by atoms with E-state index in [0.717, 1.165) is 19.3 Å². The predicted octanol–water partition coefficient (Wildman–Crippen LogP) is 3.15. The number of hydrogen-bond donors (Lipinski definition) is 2. The number of carboxylic acids is 1. The molecule has 1 fully saturated rings. The van der Waals surface area contributed by atoms with Crippen molar-refractivity contribution in [3.8, 4) is 0 Å². The summed E-state index contributed by atoms with van der Waals surface area (Å²) in [5.41, 5.74) is -1.03. The normalized spacial score (nSPS) is 25.4. The van der Waals surface area contributed by atoms with Crippen molar-refractivity contribution in [3.05, 3.63) is 28.0 Å². The van der Waals surface area contributed by atoms with Crippen LogP contribution < -0.4 is 5.32 Å². The highest BCUT2D eigenvalue weighted by Crippen LogP contribution is 2.34. The number of nitrogens with zero attached hydrogens (tertiary/aromatic N) is 1. The van der Waals surface area contributed by atoms with Crippen LogP contribution in [0.25, 0.3) is 0 Å². The monoisotopic (exact) mass is 330 g/mol. The molecule has 1 amide bonds. The van der Waals surface area contributed by atoms with E-state index in [1.54, 1.807) is 0 Å². The van der Waals surface area contributed by atoms with Gasteiger partial charge in [0.2, 0.25) is 0 Å². The highest BCUT2D eigenvalue weighted by Gasteiger charge is 2.46. The van der Waals surface area contributed by atoms with Gasteiger partial charge in [0.05, 0.1) is 0 Å². The van der Waals surface area contributed by atoms with Gasteiger partial charge in [0, 0.05) is 5.56 Å². The maximum Gasteiger partial charge on any atom is 0.329 e. The molecule has 1 aliphatic carbocycles. The van der Waals surface area contributed by atoms with E-state index < -0.39 is 17.4 Å². The number of nitrogens with one attached hydrogen (secondary N) is 1. The lowest BCUT2D eigenvalue weighted by atomic mass is 9.73. The third-order valence-corrected chi connectivity index (χ3v) is 4.43. The molecule has 21 heavy (non-hydrogen) atoms. The molecule has 2 unspecified atom stereocenters. The molecule has 0 aliphatic heterocycles. The summed E-state index contributed by atoms with van der Waals surface area (Å²) in [6.07, 6.45) is 2.93. The minimum atomic E-state index is -1.24. The van der Waals surface area contributed by atoms with Gasteiger partial charge >= 0.3 is 5.97 Å². The number of rotatable bonds is 3. The van der Waals surface area contributed by atoms with E-state index in [0.29, 0.717) is 6.42 Å². The van der Waals surface area contributed by atoms with Crippen molar-refractivity contribution in [1.29, 1.82) is 0 Å². The molecule has 1 aliphatic rings. The molecule has 1 heterocycles. The van der Waals surface area contributed by atoms with Gasteiger partial charge in [-0.25, -0.2) is 9.78 Å². The third-order valence-electron chi connectivity index (χ3n) is 4.04. The number of aliphatic carboxylic acids is 1. The molecule has 0 bridgehead atoms. The van der Waals surface area contributed by atoms with Gasteiger partial charge in [0.1, 0.15) is 15.8 Å². The third kappa shape index (κ3) is 3.30. The van der Waals surface area contributed by atoms with Gasteiger partial charge in [-0.05, 0) is 30.9 Å². The summed E-state index contributed by atoms with van der Waals surface area (Å²) in [7, 11) is 0. The topological polar surface area (TPSA) is 79.3 Å². The molecule has 0 spiro atoms. The van der Waals surface area contributed by atoms with Crippen molar-refractivity contribution in [2.24, 2.45) is 5.92 Å². The maximum absolute atomic E-state index is 12.4.